The van der Waals surface area contributed by atoms with Crippen LogP contribution in [-0.4, -0.2) is 12.6 Å². The van der Waals surface area contributed by atoms with Crippen LogP contribution in [0.15, 0.2) is 0 Å². The van der Waals surface area contributed by atoms with E-state index in [1.54, 1.807) is 0 Å². The van der Waals surface area contributed by atoms with E-state index in [4.69, 9.17) is 0 Å². The van der Waals surface area contributed by atoms with Gasteiger partial charge in [-0.2, -0.15) is 0 Å². The second-order valence-electron chi connectivity index (χ2n) is 6.40. The molecular weight excluding hydrogens is 218 g/mol. The zero-order chi connectivity index (χ0) is 13.1. The summed E-state index contributed by atoms with van der Waals surface area (Å²) in [6, 6.07) is 0.832. The Kier molecular flexibility index (Phi) is 9.65. The van der Waals surface area contributed by atoms with Crippen molar-refractivity contribution in [3.8, 4) is 0 Å². The van der Waals surface area contributed by atoms with E-state index in [0.29, 0.717) is 0 Å². The van der Waals surface area contributed by atoms with Gasteiger partial charge in [-0.25, -0.2) is 0 Å². The van der Waals surface area contributed by atoms with Gasteiger partial charge < -0.3 is 5.32 Å². The molecule has 1 saturated carbocycles. The van der Waals surface area contributed by atoms with Gasteiger partial charge in [0.2, 0.25) is 0 Å². The van der Waals surface area contributed by atoms with Gasteiger partial charge in [0, 0.05) is 6.04 Å². The Bertz CT molecular complexity index is 178. The quantitative estimate of drug-likeness (QED) is 0.521. The molecule has 0 amide bonds. The molecule has 0 radical (unpaired) electrons. The van der Waals surface area contributed by atoms with Crippen LogP contribution in [0.3, 0.4) is 0 Å². The third kappa shape index (κ3) is 8.13. The molecule has 0 aromatic heterocycles. The maximum Gasteiger partial charge on any atom is 0.00696 e. The summed E-state index contributed by atoms with van der Waals surface area (Å²) in [5.41, 5.74) is 0. The van der Waals surface area contributed by atoms with Gasteiger partial charge in [-0.15, -0.1) is 0 Å². The number of unbranched alkanes of at least 4 members (excludes halogenated alkanes) is 7. The van der Waals surface area contributed by atoms with Crippen molar-refractivity contribution in [3.05, 3.63) is 0 Å². The second kappa shape index (κ2) is 10.8. The Morgan fingerprint density at radius 3 is 2.22 bits per heavy atom. The van der Waals surface area contributed by atoms with Crippen LogP contribution in [0.2, 0.25) is 0 Å². The van der Waals surface area contributed by atoms with Gasteiger partial charge in [0.15, 0.2) is 0 Å². The van der Waals surface area contributed by atoms with Crippen LogP contribution in [0.5, 0.6) is 0 Å². The third-order valence-corrected chi connectivity index (χ3v) is 4.40. The zero-order valence-corrected chi connectivity index (χ0v) is 12.8. The molecule has 1 fully saturated rings. The smallest absolute Gasteiger partial charge is 0.00696 e. The lowest BCUT2D eigenvalue weighted by Crippen LogP contribution is -2.34. The average Bonchev–Trinajstić information content (AvgIpc) is 2.37. The molecule has 0 heterocycles. The van der Waals surface area contributed by atoms with Gasteiger partial charge in [0.1, 0.15) is 0 Å². The molecule has 18 heavy (non-hydrogen) atoms. The Labute approximate surface area is 115 Å². The Morgan fingerprint density at radius 1 is 0.889 bits per heavy atom. The van der Waals surface area contributed by atoms with Crippen LogP contribution >= 0.6 is 0 Å². The standard InChI is InChI=1S/C17H35N/c1-3-4-5-6-7-8-9-10-14-18-17-13-11-12-16(2)15-17/h16-18H,3-15H2,1-2H3. The summed E-state index contributed by atoms with van der Waals surface area (Å²) >= 11 is 0. The van der Waals surface area contributed by atoms with Crippen molar-refractivity contribution in [2.75, 3.05) is 6.54 Å². The molecule has 1 heteroatoms. The SMILES string of the molecule is CCCCCCCCCCNC1CCCC(C)C1. The van der Waals surface area contributed by atoms with Crippen molar-refractivity contribution in [1.82, 2.24) is 5.32 Å². The largest absolute Gasteiger partial charge is 0.314 e. The van der Waals surface area contributed by atoms with Gasteiger partial charge in [-0.1, -0.05) is 71.6 Å². The van der Waals surface area contributed by atoms with E-state index in [9.17, 15) is 0 Å². The molecule has 1 aliphatic rings. The van der Waals surface area contributed by atoms with Gasteiger partial charge in [-0.05, 0) is 31.7 Å². The Morgan fingerprint density at radius 2 is 1.56 bits per heavy atom. The van der Waals surface area contributed by atoms with E-state index in [1.807, 2.05) is 0 Å². The molecular formula is C17H35N. The van der Waals surface area contributed by atoms with Crippen molar-refractivity contribution in [2.24, 2.45) is 5.92 Å². The lowest BCUT2D eigenvalue weighted by Gasteiger charge is -2.27. The molecule has 0 spiro atoms. The maximum atomic E-state index is 3.76. The fourth-order valence-corrected chi connectivity index (χ4v) is 3.18. The first-order valence-electron chi connectivity index (χ1n) is 8.56. The van der Waals surface area contributed by atoms with E-state index in [2.05, 4.69) is 19.2 Å². The maximum absolute atomic E-state index is 3.76. The number of hydrogen-bond donors (Lipinski definition) is 1. The van der Waals surface area contributed by atoms with Crippen LogP contribution in [-0.2, 0) is 0 Å². The molecule has 2 unspecified atom stereocenters. The predicted molar refractivity (Wildman–Crippen MR) is 82.0 cm³/mol. The second-order valence-corrected chi connectivity index (χ2v) is 6.40. The first-order chi connectivity index (χ1) is 8.83. The predicted octanol–water partition coefficient (Wildman–Crippen LogP) is 5.30. The third-order valence-electron chi connectivity index (χ3n) is 4.40. The van der Waals surface area contributed by atoms with Gasteiger partial charge in [-0.3, -0.25) is 0 Å². The van der Waals surface area contributed by atoms with Crippen LogP contribution in [0.1, 0.15) is 90.9 Å². The van der Waals surface area contributed by atoms with E-state index in [-0.39, 0.29) is 0 Å². The highest BCUT2D eigenvalue weighted by molar-refractivity contribution is 4.75. The van der Waals surface area contributed by atoms with E-state index < -0.39 is 0 Å². The topological polar surface area (TPSA) is 12.0 Å². The van der Waals surface area contributed by atoms with Crippen LogP contribution in [0.4, 0.5) is 0 Å². The van der Waals surface area contributed by atoms with E-state index in [0.717, 1.165) is 12.0 Å². The molecule has 108 valence electrons. The van der Waals surface area contributed by atoms with Crippen molar-refractivity contribution < 1.29 is 0 Å². The zero-order valence-electron chi connectivity index (χ0n) is 12.8. The summed E-state index contributed by atoms with van der Waals surface area (Å²) in [7, 11) is 0. The number of rotatable bonds is 10. The molecule has 1 aliphatic carbocycles. The van der Waals surface area contributed by atoms with Gasteiger partial charge in [0.25, 0.3) is 0 Å². The van der Waals surface area contributed by atoms with Gasteiger partial charge >= 0.3 is 0 Å². The average molecular weight is 253 g/mol. The highest BCUT2D eigenvalue weighted by Crippen LogP contribution is 2.23. The minimum atomic E-state index is 0.832. The molecule has 0 saturated heterocycles. The van der Waals surface area contributed by atoms with E-state index >= 15 is 0 Å². The van der Waals surface area contributed by atoms with E-state index in [1.165, 1.54) is 83.6 Å². The molecule has 1 nitrogen and oxygen atoms in total. The van der Waals surface area contributed by atoms with Crippen molar-refractivity contribution in [1.29, 1.82) is 0 Å². The molecule has 1 N–H and O–H groups in total. The molecule has 0 aromatic carbocycles. The van der Waals surface area contributed by atoms with Crippen molar-refractivity contribution in [3.63, 3.8) is 0 Å². The summed E-state index contributed by atoms with van der Waals surface area (Å²) < 4.78 is 0. The summed E-state index contributed by atoms with van der Waals surface area (Å²) in [6.45, 7) is 5.95. The normalized spacial score (nSPS) is 24.3. The monoisotopic (exact) mass is 253 g/mol. The Hall–Kier alpha value is -0.0400. The molecule has 0 aromatic rings. The highest BCUT2D eigenvalue weighted by atomic mass is 14.9. The van der Waals surface area contributed by atoms with Crippen molar-refractivity contribution in [2.45, 2.75) is 96.9 Å². The van der Waals surface area contributed by atoms with Crippen LogP contribution in [0.25, 0.3) is 0 Å². The number of nitrogens with one attached hydrogen (secondary N) is 1. The van der Waals surface area contributed by atoms with Crippen molar-refractivity contribution >= 4 is 0 Å². The summed E-state index contributed by atoms with van der Waals surface area (Å²) in [5, 5.41) is 3.76. The number of hydrogen-bond acceptors (Lipinski definition) is 1. The summed E-state index contributed by atoms with van der Waals surface area (Å²) in [6.07, 6.45) is 17.2. The molecule has 0 aliphatic heterocycles. The first-order valence-corrected chi connectivity index (χ1v) is 8.56. The fourth-order valence-electron chi connectivity index (χ4n) is 3.18. The van der Waals surface area contributed by atoms with Crippen LogP contribution in [0, 0.1) is 5.92 Å². The highest BCUT2D eigenvalue weighted by Gasteiger charge is 2.17. The minimum absolute atomic E-state index is 0.832. The summed E-state index contributed by atoms with van der Waals surface area (Å²) in [4.78, 5) is 0. The van der Waals surface area contributed by atoms with Crippen LogP contribution < -0.4 is 5.32 Å². The minimum Gasteiger partial charge on any atom is -0.314 e. The lowest BCUT2D eigenvalue weighted by atomic mass is 9.87. The van der Waals surface area contributed by atoms with Gasteiger partial charge in [0.05, 0.1) is 0 Å². The summed E-state index contributed by atoms with van der Waals surface area (Å²) in [5.74, 6) is 0.954. The molecule has 0 bridgehead atoms. The lowest BCUT2D eigenvalue weighted by molar-refractivity contribution is 0.300. The molecule has 2 atom stereocenters. The molecule has 1 rings (SSSR count). The fraction of sp³-hybridized carbons (Fsp3) is 1.00. The Balaban J connectivity index is 1.80. The first kappa shape index (κ1) is 16.0.